The Hall–Kier alpha value is -3.76. The highest BCUT2D eigenvalue weighted by atomic mass is 16.7. The lowest BCUT2D eigenvalue weighted by Gasteiger charge is -2.42. The second-order valence-electron chi connectivity index (χ2n) is 12.6. The first-order chi connectivity index (χ1) is 22.5. The highest BCUT2D eigenvalue weighted by Crippen LogP contribution is 2.52. The number of benzene rings is 2. The minimum atomic E-state index is -0.969. The summed E-state index contributed by atoms with van der Waals surface area (Å²) in [7, 11) is 1.56. The van der Waals surface area contributed by atoms with Gasteiger partial charge in [-0.3, -0.25) is 24.1 Å². The van der Waals surface area contributed by atoms with Crippen LogP contribution in [0.25, 0.3) is 0 Å². The van der Waals surface area contributed by atoms with Crippen molar-refractivity contribution in [3.63, 3.8) is 0 Å². The molecule has 0 unspecified atom stereocenters. The van der Waals surface area contributed by atoms with Crippen LogP contribution in [0.4, 0.5) is 5.69 Å². The van der Waals surface area contributed by atoms with Crippen LogP contribution in [-0.2, 0) is 39.7 Å². The van der Waals surface area contributed by atoms with Crippen LogP contribution in [0.2, 0.25) is 0 Å². The standard InChI is InChI=1S/C33H37N3O11/c1-13(37)15-9-17-24(20(10-15)46-22-11-19-31(14(2)45-22)47-32-33(43-3)44-8-7-36(19)32)30(42)26-25(28(17)40)27(39)16-5-4-6-18(23(16)29(26)41)35-21(38)12-34/h4-6,14-15,19-20,22,31-33,40,42H,7-12,34H2,1-3H3,(H,35,38)/t14-,15+,19-,20-,22-,31+,32+,33-/m0/s1. The van der Waals surface area contributed by atoms with E-state index in [9.17, 15) is 29.4 Å². The topological polar surface area (TPSA) is 196 Å². The molecule has 3 saturated heterocycles. The van der Waals surface area contributed by atoms with E-state index in [1.165, 1.54) is 25.1 Å². The normalized spacial score (nSPS) is 31.3. The van der Waals surface area contributed by atoms with Crippen molar-refractivity contribution in [2.24, 2.45) is 11.7 Å². The van der Waals surface area contributed by atoms with Crippen LogP contribution in [0.1, 0.15) is 75.8 Å². The number of nitrogens with two attached hydrogens (primary N) is 1. The maximum atomic E-state index is 14.1. The molecule has 2 aromatic rings. The summed E-state index contributed by atoms with van der Waals surface area (Å²) in [5.41, 5.74) is 4.87. The molecular weight excluding hydrogens is 614 g/mol. The summed E-state index contributed by atoms with van der Waals surface area (Å²) in [5.74, 6) is -3.80. The Bertz CT molecular complexity index is 1680. The second-order valence-corrected chi connectivity index (χ2v) is 12.6. The van der Waals surface area contributed by atoms with Crippen molar-refractivity contribution in [2.45, 2.75) is 76.3 Å². The van der Waals surface area contributed by atoms with E-state index in [0.717, 1.165) is 0 Å². The molecule has 0 spiro atoms. The molecule has 7 rings (SSSR count). The number of anilines is 1. The number of morpholine rings is 1. The van der Waals surface area contributed by atoms with Gasteiger partial charge in [0.05, 0.1) is 47.7 Å². The zero-order valence-corrected chi connectivity index (χ0v) is 26.2. The smallest absolute Gasteiger partial charge is 0.238 e. The Morgan fingerprint density at radius 2 is 1.85 bits per heavy atom. The van der Waals surface area contributed by atoms with Crippen molar-refractivity contribution in [3.05, 3.63) is 51.6 Å². The van der Waals surface area contributed by atoms with Gasteiger partial charge in [-0.05, 0) is 32.8 Å². The summed E-state index contributed by atoms with van der Waals surface area (Å²) in [4.78, 5) is 54.9. The molecule has 2 aromatic carbocycles. The van der Waals surface area contributed by atoms with E-state index in [2.05, 4.69) is 10.2 Å². The first-order valence-corrected chi connectivity index (χ1v) is 15.7. The van der Waals surface area contributed by atoms with Crippen molar-refractivity contribution in [3.8, 4) is 11.5 Å². The van der Waals surface area contributed by atoms with E-state index in [1.54, 1.807) is 7.11 Å². The van der Waals surface area contributed by atoms with Gasteiger partial charge in [-0.25, -0.2) is 0 Å². The van der Waals surface area contributed by atoms with E-state index < -0.39 is 71.5 Å². The van der Waals surface area contributed by atoms with Crippen LogP contribution in [0, 0.1) is 5.92 Å². The minimum absolute atomic E-state index is 0.0342. The van der Waals surface area contributed by atoms with Crippen molar-refractivity contribution in [1.29, 1.82) is 0 Å². The number of carbonyl (C=O) groups excluding carboxylic acids is 4. The molecule has 47 heavy (non-hydrogen) atoms. The van der Waals surface area contributed by atoms with Gasteiger partial charge in [0, 0.05) is 48.7 Å². The number of methoxy groups -OCH3 is 1. The lowest BCUT2D eigenvalue weighted by Crippen LogP contribution is -2.55. The van der Waals surface area contributed by atoms with E-state index in [0.29, 0.717) is 19.6 Å². The molecule has 5 N–H and O–H groups in total. The third-order valence-electron chi connectivity index (χ3n) is 9.99. The van der Waals surface area contributed by atoms with E-state index in [-0.39, 0.29) is 70.8 Å². The predicted octanol–water partition coefficient (Wildman–Crippen LogP) is 1.51. The molecule has 14 nitrogen and oxygen atoms in total. The number of nitrogens with zero attached hydrogens (tertiary/aromatic N) is 1. The number of fused-ring (bicyclic) bond motifs is 6. The molecule has 0 bridgehead atoms. The fourth-order valence-electron chi connectivity index (χ4n) is 7.77. The summed E-state index contributed by atoms with van der Waals surface area (Å²) >= 11 is 0. The molecule has 5 aliphatic rings. The molecule has 2 aliphatic carbocycles. The highest BCUT2D eigenvalue weighted by Gasteiger charge is 2.54. The van der Waals surface area contributed by atoms with Gasteiger partial charge in [0.15, 0.2) is 30.4 Å². The fourth-order valence-corrected chi connectivity index (χ4v) is 7.77. The SMILES string of the molecule is CO[C@H]1OCCN2[C@@H]1O[C@@H]1[C@H](C)O[C@@H](O[C@H]3C[C@H](C(C)=O)Cc4c(O)c5c(c(O)c43)C(=O)c3c(NC(=O)CN)cccc3C5=O)C[C@@H]12. The van der Waals surface area contributed by atoms with Crippen LogP contribution in [0.15, 0.2) is 18.2 Å². The quantitative estimate of drug-likeness (QED) is 0.280. The number of ketones is 3. The van der Waals surface area contributed by atoms with E-state index >= 15 is 0 Å². The molecule has 250 valence electrons. The van der Waals surface area contributed by atoms with Gasteiger partial charge >= 0.3 is 0 Å². The van der Waals surface area contributed by atoms with Crippen molar-refractivity contribution < 1.29 is 53.1 Å². The molecule has 3 aliphatic heterocycles. The average Bonchev–Trinajstić information content (AvgIpc) is 3.44. The number of hydrogen-bond acceptors (Lipinski definition) is 13. The molecule has 0 saturated carbocycles. The predicted molar refractivity (Wildman–Crippen MR) is 162 cm³/mol. The largest absolute Gasteiger partial charge is 0.507 e. The molecule has 0 aromatic heterocycles. The van der Waals surface area contributed by atoms with Crippen LogP contribution in [-0.4, -0.2) is 102 Å². The van der Waals surface area contributed by atoms with Crippen LogP contribution in [0.5, 0.6) is 11.5 Å². The number of rotatable bonds is 6. The minimum Gasteiger partial charge on any atom is -0.507 e. The first-order valence-electron chi connectivity index (χ1n) is 15.7. The number of hydrogen-bond donors (Lipinski definition) is 4. The first kappa shape index (κ1) is 31.8. The second kappa shape index (κ2) is 12.0. The number of ether oxygens (including phenoxy) is 5. The average molecular weight is 652 g/mol. The van der Waals surface area contributed by atoms with Crippen molar-refractivity contribution in [2.75, 3.05) is 32.1 Å². The Morgan fingerprint density at radius 1 is 1.09 bits per heavy atom. The lowest BCUT2D eigenvalue weighted by atomic mass is 9.73. The number of aromatic hydroxyl groups is 2. The van der Waals surface area contributed by atoms with Crippen molar-refractivity contribution >= 4 is 28.9 Å². The third kappa shape index (κ3) is 5.06. The number of amides is 1. The summed E-state index contributed by atoms with van der Waals surface area (Å²) in [5, 5.41) is 26.0. The van der Waals surface area contributed by atoms with Gasteiger partial charge in [0.25, 0.3) is 0 Å². The molecular formula is C33H37N3O11. The maximum absolute atomic E-state index is 14.1. The van der Waals surface area contributed by atoms with Gasteiger partial charge in [0.2, 0.25) is 5.91 Å². The number of Topliss-reactive ketones (excluding diaryl/α,β-unsaturated/α-hetero) is 1. The summed E-state index contributed by atoms with van der Waals surface area (Å²) in [6, 6.07) is 4.26. The number of nitrogens with one attached hydrogen (secondary N) is 1. The van der Waals surface area contributed by atoms with Crippen LogP contribution >= 0.6 is 0 Å². The Morgan fingerprint density at radius 3 is 2.57 bits per heavy atom. The van der Waals surface area contributed by atoms with Gasteiger partial charge in [-0.2, -0.15) is 0 Å². The maximum Gasteiger partial charge on any atom is 0.238 e. The summed E-state index contributed by atoms with van der Waals surface area (Å²) in [6.45, 7) is 4.05. The third-order valence-corrected chi connectivity index (χ3v) is 9.99. The van der Waals surface area contributed by atoms with E-state index in [4.69, 9.17) is 29.4 Å². The Labute approximate surface area is 270 Å². The zero-order valence-electron chi connectivity index (χ0n) is 26.2. The number of phenolic OH excluding ortho intramolecular Hbond substituents is 2. The van der Waals surface area contributed by atoms with Gasteiger partial charge in [-0.1, -0.05) is 12.1 Å². The Balaban J connectivity index is 1.27. The van der Waals surface area contributed by atoms with Gasteiger partial charge in [0.1, 0.15) is 23.4 Å². The zero-order chi connectivity index (χ0) is 33.3. The molecule has 0 radical (unpaired) electrons. The monoisotopic (exact) mass is 651 g/mol. The number of carbonyl (C=O) groups is 4. The molecule has 14 heteroatoms. The van der Waals surface area contributed by atoms with E-state index in [1.807, 2.05) is 6.92 Å². The van der Waals surface area contributed by atoms with Crippen LogP contribution in [0.3, 0.4) is 0 Å². The van der Waals surface area contributed by atoms with Gasteiger partial charge < -0.3 is 44.9 Å². The highest BCUT2D eigenvalue weighted by molar-refractivity contribution is 6.32. The molecule has 1 amide bonds. The fraction of sp³-hybridized carbons (Fsp3) is 0.515. The lowest BCUT2D eigenvalue weighted by molar-refractivity contribution is -0.254. The van der Waals surface area contributed by atoms with Gasteiger partial charge in [-0.15, -0.1) is 0 Å². The van der Waals surface area contributed by atoms with Crippen molar-refractivity contribution in [1.82, 2.24) is 4.90 Å². The Kier molecular flexibility index (Phi) is 8.15. The summed E-state index contributed by atoms with van der Waals surface area (Å²) in [6.07, 6.45) is -2.82. The molecule has 3 heterocycles. The molecule has 8 atom stereocenters. The molecule has 3 fully saturated rings. The summed E-state index contributed by atoms with van der Waals surface area (Å²) < 4.78 is 30.3. The van der Waals surface area contributed by atoms with Crippen LogP contribution < -0.4 is 11.1 Å². The number of phenols is 2.